The molecule has 1 aromatic rings. The maximum Gasteiger partial charge on any atom is 0.404 e. The number of fused-ring (bicyclic) bond motifs is 1. The topological polar surface area (TPSA) is 88.0 Å². The van der Waals surface area contributed by atoms with Crippen LogP contribution in [0, 0.1) is 5.41 Å². The first-order chi connectivity index (χ1) is 10.3. The maximum absolute atomic E-state index is 11.0. The van der Waals surface area contributed by atoms with Gasteiger partial charge in [-0.15, -0.1) is 0 Å². The first-order valence-electron chi connectivity index (χ1n) is 7.27. The molecule has 0 saturated heterocycles. The van der Waals surface area contributed by atoms with Gasteiger partial charge in [0, 0.05) is 5.56 Å². The van der Waals surface area contributed by atoms with Gasteiger partial charge in [0.2, 0.25) is 0 Å². The van der Waals surface area contributed by atoms with E-state index in [0.717, 1.165) is 5.56 Å². The van der Waals surface area contributed by atoms with Gasteiger partial charge in [0.05, 0.1) is 18.8 Å². The molecule has 0 radical (unpaired) electrons. The molecule has 1 aliphatic rings. The third-order valence-electron chi connectivity index (χ3n) is 3.51. The average Bonchev–Trinajstić information content (AvgIpc) is 2.43. The van der Waals surface area contributed by atoms with Crippen LogP contribution in [-0.4, -0.2) is 29.1 Å². The Hall–Kier alpha value is -1.79. The summed E-state index contributed by atoms with van der Waals surface area (Å²) >= 11 is 0. The molecule has 0 aliphatic carbocycles. The van der Waals surface area contributed by atoms with Crippen molar-refractivity contribution in [2.24, 2.45) is 5.41 Å². The van der Waals surface area contributed by atoms with Gasteiger partial charge in [0.1, 0.15) is 5.75 Å². The first-order valence-corrected chi connectivity index (χ1v) is 7.27. The predicted octanol–water partition coefficient (Wildman–Crippen LogP) is 2.66. The van der Waals surface area contributed by atoms with Crippen molar-refractivity contribution in [3.8, 4) is 5.75 Å². The smallest absolute Gasteiger partial charge is 0.404 e. The Morgan fingerprint density at radius 2 is 2.14 bits per heavy atom. The summed E-state index contributed by atoms with van der Waals surface area (Å²) in [7, 11) is 0. The van der Waals surface area contributed by atoms with Crippen LogP contribution in [0.25, 0.3) is 0 Å². The second-order valence-corrected chi connectivity index (χ2v) is 6.74. The van der Waals surface area contributed by atoms with Crippen molar-refractivity contribution < 1.29 is 24.5 Å². The zero-order valence-corrected chi connectivity index (χ0v) is 13.1. The lowest BCUT2D eigenvalue weighted by Gasteiger charge is -2.30. The number of aliphatic hydroxyl groups excluding tert-OH is 1. The fourth-order valence-corrected chi connectivity index (χ4v) is 2.56. The van der Waals surface area contributed by atoms with Gasteiger partial charge in [-0.3, -0.25) is 0 Å². The van der Waals surface area contributed by atoms with Crippen LogP contribution in [0.1, 0.15) is 44.4 Å². The quantitative estimate of drug-likeness (QED) is 0.796. The Morgan fingerprint density at radius 1 is 1.41 bits per heavy atom. The molecular formula is C16H23NO5. The van der Waals surface area contributed by atoms with Gasteiger partial charge >= 0.3 is 6.09 Å². The number of amides is 1. The molecule has 3 N–H and O–H groups in total. The minimum Gasteiger partial charge on any atom is -0.467 e. The molecule has 0 bridgehead atoms. The van der Waals surface area contributed by atoms with E-state index in [2.05, 4.69) is 5.32 Å². The molecule has 1 aliphatic heterocycles. The molecule has 0 aromatic heterocycles. The number of aliphatic hydroxyl groups is 1. The van der Waals surface area contributed by atoms with Gasteiger partial charge in [0.15, 0.2) is 6.79 Å². The van der Waals surface area contributed by atoms with E-state index in [1.807, 2.05) is 26.8 Å². The Labute approximate surface area is 130 Å². The maximum atomic E-state index is 11.0. The number of carboxylic acid groups (broad SMARTS) is 1. The van der Waals surface area contributed by atoms with Crippen LogP contribution in [0.15, 0.2) is 18.2 Å². The largest absolute Gasteiger partial charge is 0.467 e. The number of rotatable bonds is 4. The lowest BCUT2D eigenvalue weighted by molar-refractivity contribution is -0.0166. The molecule has 122 valence electrons. The summed E-state index contributed by atoms with van der Waals surface area (Å²) in [5.41, 5.74) is 1.43. The zero-order valence-electron chi connectivity index (χ0n) is 13.1. The van der Waals surface area contributed by atoms with Crippen molar-refractivity contribution in [3.05, 3.63) is 29.3 Å². The van der Waals surface area contributed by atoms with Crippen molar-refractivity contribution >= 4 is 6.09 Å². The summed E-state index contributed by atoms with van der Waals surface area (Å²) in [6.07, 6.45) is -1.57. The molecule has 0 saturated carbocycles. The van der Waals surface area contributed by atoms with Crippen molar-refractivity contribution in [1.82, 2.24) is 5.32 Å². The van der Waals surface area contributed by atoms with Crippen LogP contribution in [0.4, 0.5) is 4.79 Å². The molecule has 2 atom stereocenters. The third kappa shape index (κ3) is 4.35. The van der Waals surface area contributed by atoms with Gasteiger partial charge in [-0.05, 0) is 23.5 Å². The Morgan fingerprint density at radius 3 is 2.77 bits per heavy atom. The zero-order chi connectivity index (χ0) is 16.3. The molecule has 0 unspecified atom stereocenters. The fourth-order valence-electron chi connectivity index (χ4n) is 2.56. The standard InChI is InChI=1S/C16H23NO5/c1-16(2,3)7-12(17-15(19)20)14(18)10-4-5-11-8-21-9-22-13(11)6-10/h4-6,12,14,17-18H,7-9H2,1-3H3,(H,19,20)/t12-,14-/m0/s1. The number of ether oxygens (including phenoxy) is 2. The first kappa shape index (κ1) is 16.6. The van der Waals surface area contributed by atoms with E-state index < -0.39 is 18.2 Å². The minimum atomic E-state index is -1.14. The summed E-state index contributed by atoms with van der Waals surface area (Å²) in [5.74, 6) is 0.674. The highest BCUT2D eigenvalue weighted by atomic mass is 16.7. The van der Waals surface area contributed by atoms with Crippen LogP contribution in [0.2, 0.25) is 0 Å². The summed E-state index contributed by atoms with van der Waals surface area (Å²) in [6.45, 7) is 6.67. The van der Waals surface area contributed by atoms with Gasteiger partial charge in [-0.1, -0.05) is 32.9 Å². The molecule has 1 aromatic carbocycles. The van der Waals surface area contributed by atoms with Crippen molar-refractivity contribution in [2.45, 2.75) is 45.9 Å². The fraction of sp³-hybridized carbons (Fsp3) is 0.562. The van der Waals surface area contributed by atoms with Gasteiger partial charge in [-0.25, -0.2) is 4.79 Å². The molecule has 22 heavy (non-hydrogen) atoms. The summed E-state index contributed by atoms with van der Waals surface area (Å²) in [6, 6.07) is 4.78. The second-order valence-electron chi connectivity index (χ2n) is 6.74. The number of benzene rings is 1. The molecule has 1 amide bonds. The van der Waals surface area contributed by atoms with Crippen molar-refractivity contribution in [1.29, 1.82) is 0 Å². The van der Waals surface area contributed by atoms with Crippen molar-refractivity contribution in [2.75, 3.05) is 6.79 Å². The van der Waals surface area contributed by atoms with E-state index in [1.54, 1.807) is 12.1 Å². The Kier molecular flexibility index (Phi) is 4.93. The van der Waals surface area contributed by atoms with E-state index in [1.165, 1.54) is 0 Å². The molecule has 6 nitrogen and oxygen atoms in total. The Balaban J connectivity index is 2.21. The predicted molar refractivity (Wildman–Crippen MR) is 80.7 cm³/mol. The molecular weight excluding hydrogens is 286 g/mol. The Bertz CT molecular complexity index is 538. The lowest BCUT2D eigenvalue weighted by atomic mass is 9.84. The van der Waals surface area contributed by atoms with E-state index in [0.29, 0.717) is 24.3 Å². The van der Waals surface area contributed by atoms with Crippen LogP contribution in [-0.2, 0) is 11.3 Å². The number of hydrogen-bond donors (Lipinski definition) is 3. The summed E-state index contributed by atoms with van der Waals surface area (Å²) in [5, 5.41) is 22.0. The summed E-state index contributed by atoms with van der Waals surface area (Å²) < 4.78 is 10.6. The highest BCUT2D eigenvalue weighted by molar-refractivity contribution is 5.65. The lowest BCUT2D eigenvalue weighted by Crippen LogP contribution is -2.41. The molecule has 1 heterocycles. The second kappa shape index (κ2) is 6.54. The van der Waals surface area contributed by atoms with Crippen molar-refractivity contribution in [3.63, 3.8) is 0 Å². The van der Waals surface area contributed by atoms with E-state index in [-0.39, 0.29) is 12.2 Å². The van der Waals surface area contributed by atoms with E-state index in [9.17, 15) is 9.90 Å². The molecule has 0 fully saturated rings. The highest BCUT2D eigenvalue weighted by Gasteiger charge is 2.28. The van der Waals surface area contributed by atoms with E-state index in [4.69, 9.17) is 14.6 Å². The van der Waals surface area contributed by atoms with E-state index >= 15 is 0 Å². The third-order valence-corrected chi connectivity index (χ3v) is 3.51. The normalized spacial score (nSPS) is 17.1. The van der Waals surface area contributed by atoms with Gasteiger partial charge < -0.3 is 25.0 Å². The molecule has 0 spiro atoms. The molecule has 6 heteroatoms. The highest BCUT2D eigenvalue weighted by Crippen LogP contribution is 2.32. The van der Waals surface area contributed by atoms with Crippen LogP contribution in [0.5, 0.6) is 5.75 Å². The number of carbonyl (C=O) groups is 1. The number of hydrogen-bond acceptors (Lipinski definition) is 4. The number of nitrogens with one attached hydrogen (secondary N) is 1. The molecule has 2 rings (SSSR count). The monoisotopic (exact) mass is 309 g/mol. The summed E-state index contributed by atoms with van der Waals surface area (Å²) in [4.78, 5) is 11.0. The van der Waals surface area contributed by atoms with Gasteiger partial charge in [-0.2, -0.15) is 0 Å². The van der Waals surface area contributed by atoms with Crippen LogP contribution >= 0.6 is 0 Å². The minimum absolute atomic E-state index is 0.118. The van der Waals surface area contributed by atoms with Crippen LogP contribution in [0.3, 0.4) is 0 Å². The van der Waals surface area contributed by atoms with Crippen LogP contribution < -0.4 is 10.1 Å². The SMILES string of the molecule is CC(C)(C)C[C@H](NC(=O)O)[C@@H](O)c1ccc2c(c1)OCOC2. The van der Waals surface area contributed by atoms with Gasteiger partial charge in [0.25, 0.3) is 0 Å². The average molecular weight is 309 g/mol.